The molecule has 4 aromatic carbocycles. The lowest BCUT2D eigenvalue weighted by atomic mass is 9.81. The molecule has 0 aromatic heterocycles. The van der Waals surface area contributed by atoms with Gasteiger partial charge < -0.3 is 24.4 Å². The van der Waals surface area contributed by atoms with Crippen LogP contribution in [0.5, 0.6) is 0 Å². The Morgan fingerprint density at radius 2 is 1.34 bits per heavy atom. The molecule has 0 spiro atoms. The summed E-state index contributed by atoms with van der Waals surface area (Å²) in [6, 6.07) is 22.6. The second-order valence-electron chi connectivity index (χ2n) is 12.1. The van der Waals surface area contributed by atoms with Crippen molar-refractivity contribution in [2.75, 3.05) is 39.2 Å². The number of anilines is 1. The monoisotopic (exact) mass is 732 g/mol. The van der Waals surface area contributed by atoms with Gasteiger partial charge in [-0.2, -0.15) is 13.2 Å². The Morgan fingerprint density at radius 3 is 1.89 bits per heavy atom. The van der Waals surface area contributed by atoms with Crippen LogP contribution >= 0.6 is 0 Å². The first-order valence-electron chi connectivity index (χ1n) is 16.6. The third-order valence-electron chi connectivity index (χ3n) is 8.36. The van der Waals surface area contributed by atoms with Crippen LogP contribution in [-0.4, -0.2) is 68.5 Å². The van der Waals surface area contributed by atoms with Gasteiger partial charge in [0, 0.05) is 14.1 Å². The summed E-state index contributed by atoms with van der Waals surface area (Å²) in [6.45, 7) is 3.46. The van der Waals surface area contributed by atoms with Crippen LogP contribution in [0.3, 0.4) is 0 Å². The summed E-state index contributed by atoms with van der Waals surface area (Å²) in [6.07, 6.45) is -5.16. The molecule has 10 nitrogen and oxygen atoms in total. The van der Waals surface area contributed by atoms with Gasteiger partial charge in [-0.15, -0.1) is 0 Å². The lowest BCUT2D eigenvalue weighted by Gasteiger charge is -2.29. The molecule has 0 radical (unpaired) electrons. The molecule has 4 rings (SSSR count). The zero-order valence-electron chi connectivity index (χ0n) is 29.8. The van der Waals surface area contributed by atoms with Gasteiger partial charge in [0.05, 0.1) is 42.0 Å². The van der Waals surface area contributed by atoms with Crippen molar-refractivity contribution < 1.29 is 51.4 Å². The molecular weight excluding hydrogens is 693 g/mol. The molecular formula is C40H39F3N2O8. The number of nitrogens with zero attached hydrogens (tertiary/aromatic N) is 1. The number of halogens is 3. The third-order valence-corrected chi connectivity index (χ3v) is 8.36. The van der Waals surface area contributed by atoms with E-state index in [1.165, 1.54) is 62.3 Å². The molecule has 0 heterocycles. The molecule has 53 heavy (non-hydrogen) atoms. The van der Waals surface area contributed by atoms with Gasteiger partial charge >= 0.3 is 24.1 Å². The van der Waals surface area contributed by atoms with E-state index in [-0.39, 0.29) is 52.3 Å². The summed E-state index contributed by atoms with van der Waals surface area (Å²) in [5, 5.41) is 2.61. The van der Waals surface area contributed by atoms with E-state index in [9.17, 15) is 37.1 Å². The van der Waals surface area contributed by atoms with Crippen molar-refractivity contribution >= 4 is 35.4 Å². The van der Waals surface area contributed by atoms with E-state index in [1.54, 1.807) is 62.4 Å². The molecule has 0 bridgehead atoms. The van der Waals surface area contributed by atoms with Crippen molar-refractivity contribution in [1.29, 1.82) is 0 Å². The average Bonchev–Trinajstić information content (AvgIpc) is 3.12. The second kappa shape index (κ2) is 17.0. The third kappa shape index (κ3) is 8.91. The number of carbonyl (C=O) groups excluding carboxylic acids is 5. The fourth-order valence-electron chi connectivity index (χ4n) is 5.74. The summed E-state index contributed by atoms with van der Waals surface area (Å²) in [7, 11) is 2.93. The Morgan fingerprint density at radius 1 is 0.755 bits per heavy atom. The van der Waals surface area contributed by atoms with Gasteiger partial charge in [-0.1, -0.05) is 72.8 Å². The van der Waals surface area contributed by atoms with Crippen LogP contribution in [0, 0.1) is 6.92 Å². The topological polar surface area (TPSA) is 128 Å². The zero-order chi connectivity index (χ0) is 38.9. The highest BCUT2D eigenvalue weighted by atomic mass is 19.4. The molecule has 0 aliphatic rings. The number of rotatable bonds is 13. The van der Waals surface area contributed by atoms with Gasteiger partial charge in [0.15, 0.2) is 0 Å². The Bertz CT molecular complexity index is 1960. The summed E-state index contributed by atoms with van der Waals surface area (Å²) >= 11 is 0. The minimum Gasteiger partial charge on any atom is -0.465 e. The standard InChI is InChI=1S/C40H39F3N2O8/c1-6-51-37(49)39(38(50)52-7-2,28-16-12-9-13-17-28)24-53-33(46)23-26-18-21-32(30(22-26)36(48)45(4)5)44-35(47)34-25(3)31(40(41,42)43)20-19-29(34)27-14-10-8-11-15-27/h8-22H,6-7,23-24H2,1-5H3,(H,44,47). The van der Waals surface area contributed by atoms with Gasteiger partial charge in [-0.3, -0.25) is 24.0 Å². The molecule has 0 saturated heterocycles. The summed E-state index contributed by atoms with van der Waals surface area (Å²) in [4.78, 5) is 68.3. The molecule has 0 saturated carbocycles. The van der Waals surface area contributed by atoms with Crippen LogP contribution in [0.15, 0.2) is 91.0 Å². The van der Waals surface area contributed by atoms with Crippen molar-refractivity contribution in [3.05, 3.63) is 124 Å². The largest absolute Gasteiger partial charge is 0.465 e. The molecule has 278 valence electrons. The highest BCUT2D eigenvalue weighted by Crippen LogP contribution is 2.37. The minimum absolute atomic E-state index is 0.0191. The molecule has 13 heteroatoms. The van der Waals surface area contributed by atoms with Crippen LogP contribution in [0.2, 0.25) is 0 Å². The van der Waals surface area contributed by atoms with Crippen LogP contribution in [0.1, 0.15) is 56.8 Å². The summed E-state index contributed by atoms with van der Waals surface area (Å²) in [5.74, 6) is -4.27. The first-order valence-corrected chi connectivity index (χ1v) is 16.6. The maximum Gasteiger partial charge on any atom is 0.416 e. The van der Waals surface area contributed by atoms with E-state index in [4.69, 9.17) is 14.2 Å². The number of nitrogens with one attached hydrogen (secondary N) is 1. The Balaban J connectivity index is 1.67. The molecule has 4 aromatic rings. The SMILES string of the molecule is CCOC(=O)C(COC(=O)Cc1ccc(NC(=O)c2c(-c3ccccc3)ccc(C(F)(F)F)c2C)c(C(=O)N(C)C)c1)(C(=O)OCC)c1ccccc1. The van der Waals surface area contributed by atoms with Crippen molar-refractivity contribution in [3.8, 4) is 11.1 Å². The van der Waals surface area contributed by atoms with Gasteiger partial charge in [-0.05, 0) is 66.8 Å². The zero-order valence-corrected chi connectivity index (χ0v) is 29.8. The fraction of sp³-hybridized carbons (Fsp3) is 0.275. The first kappa shape index (κ1) is 39.8. The van der Waals surface area contributed by atoms with Crippen LogP contribution in [-0.2, 0) is 46.6 Å². The number of ether oxygens (including phenoxy) is 3. The van der Waals surface area contributed by atoms with Gasteiger partial charge in [0.1, 0.15) is 6.61 Å². The molecule has 1 N–H and O–H groups in total. The number of hydrogen-bond acceptors (Lipinski definition) is 8. The van der Waals surface area contributed by atoms with Crippen molar-refractivity contribution in [1.82, 2.24) is 4.90 Å². The number of hydrogen-bond donors (Lipinski definition) is 1. The Kier molecular flexibility index (Phi) is 12.8. The Labute approximate surface area is 304 Å². The number of carbonyl (C=O) groups is 5. The van der Waals surface area contributed by atoms with Gasteiger partial charge in [-0.25, -0.2) is 0 Å². The number of amides is 2. The maximum absolute atomic E-state index is 13.9. The van der Waals surface area contributed by atoms with Crippen LogP contribution in [0.25, 0.3) is 11.1 Å². The number of alkyl halides is 3. The molecule has 0 unspecified atom stereocenters. The minimum atomic E-state index is -4.73. The average molecular weight is 733 g/mol. The van der Waals surface area contributed by atoms with Crippen LogP contribution < -0.4 is 5.32 Å². The number of esters is 3. The lowest BCUT2D eigenvalue weighted by molar-refractivity contribution is -0.170. The molecule has 0 aliphatic carbocycles. The fourth-order valence-corrected chi connectivity index (χ4v) is 5.74. The van der Waals surface area contributed by atoms with Crippen molar-refractivity contribution in [2.24, 2.45) is 0 Å². The molecule has 0 aliphatic heterocycles. The predicted molar refractivity (Wildman–Crippen MR) is 190 cm³/mol. The molecule has 2 amide bonds. The summed E-state index contributed by atoms with van der Waals surface area (Å²) in [5.41, 5.74) is -2.50. The molecule has 0 atom stereocenters. The smallest absolute Gasteiger partial charge is 0.416 e. The van der Waals surface area contributed by atoms with E-state index in [0.717, 1.165) is 6.07 Å². The predicted octanol–water partition coefficient (Wildman–Crippen LogP) is 6.78. The normalized spacial score (nSPS) is 11.3. The maximum atomic E-state index is 13.9. The number of benzene rings is 4. The van der Waals surface area contributed by atoms with Crippen LogP contribution in [0.4, 0.5) is 18.9 Å². The lowest BCUT2D eigenvalue weighted by Crippen LogP contribution is -2.50. The van der Waals surface area contributed by atoms with E-state index in [1.807, 2.05) is 0 Å². The highest BCUT2D eigenvalue weighted by molar-refractivity contribution is 6.13. The molecule has 0 fully saturated rings. The quantitative estimate of drug-likeness (QED) is 0.0905. The Hall–Kier alpha value is -5.98. The van der Waals surface area contributed by atoms with E-state index >= 15 is 0 Å². The highest BCUT2D eigenvalue weighted by Gasteiger charge is 2.52. The first-order chi connectivity index (χ1) is 25.1. The second-order valence-corrected chi connectivity index (χ2v) is 12.1. The van der Waals surface area contributed by atoms with Gasteiger partial charge in [0.2, 0.25) is 5.41 Å². The van der Waals surface area contributed by atoms with Crippen molar-refractivity contribution in [2.45, 2.75) is 38.8 Å². The summed E-state index contributed by atoms with van der Waals surface area (Å²) < 4.78 is 57.8. The van der Waals surface area contributed by atoms with E-state index in [2.05, 4.69) is 5.32 Å². The van der Waals surface area contributed by atoms with Gasteiger partial charge in [0.25, 0.3) is 11.8 Å². The van der Waals surface area contributed by atoms with E-state index < -0.39 is 59.9 Å². The van der Waals surface area contributed by atoms with Crippen molar-refractivity contribution in [3.63, 3.8) is 0 Å². The van der Waals surface area contributed by atoms with E-state index in [0.29, 0.717) is 5.56 Å².